The van der Waals surface area contributed by atoms with Crippen molar-refractivity contribution in [2.45, 2.75) is 6.92 Å². The zero-order valence-electron chi connectivity index (χ0n) is 10.5. The van der Waals surface area contributed by atoms with Gasteiger partial charge in [0.25, 0.3) is 5.91 Å². The minimum absolute atomic E-state index is 0.127. The summed E-state index contributed by atoms with van der Waals surface area (Å²) in [5, 5.41) is 11.4. The lowest BCUT2D eigenvalue weighted by molar-refractivity contribution is 0.102. The quantitative estimate of drug-likeness (QED) is 0.824. The van der Waals surface area contributed by atoms with Gasteiger partial charge in [-0.05, 0) is 25.1 Å². The van der Waals surface area contributed by atoms with Gasteiger partial charge in [-0.2, -0.15) is 4.37 Å². The van der Waals surface area contributed by atoms with E-state index in [0.29, 0.717) is 11.0 Å². The molecule has 20 heavy (non-hydrogen) atoms. The van der Waals surface area contributed by atoms with E-state index < -0.39 is 11.7 Å². The lowest BCUT2D eigenvalue weighted by atomic mass is 10.1. The first-order valence-electron chi connectivity index (χ1n) is 5.61. The van der Waals surface area contributed by atoms with E-state index in [4.69, 9.17) is 5.11 Å². The molecule has 2 aromatic rings. The number of carbonyl (C=O) groups excluding carboxylic acids is 1. The monoisotopic (exact) mass is 291 g/mol. The van der Waals surface area contributed by atoms with Crippen LogP contribution >= 0.6 is 11.5 Å². The van der Waals surface area contributed by atoms with Crippen molar-refractivity contribution >= 4 is 22.6 Å². The summed E-state index contributed by atoms with van der Waals surface area (Å²) in [6, 6.07) is 3.93. The number of anilines is 1. The third-order valence-electron chi connectivity index (χ3n) is 2.28. The smallest absolute Gasteiger partial charge is 0.257 e. The molecule has 0 aliphatic rings. The molecule has 0 atom stereocenters. The Morgan fingerprint density at radius 3 is 2.95 bits per heavy atom. The number of amides is 1. The molecular formula is C13H10FN3O2S. The number of benzene rings is 1. The Morgan fingerprint density at radius 2 is 2.35 bits per heavy atom. The fraction of sp³-hybridized carbons (Fsp3) is 0.154. The molecular weight excluding hydrogens is 281 g/mol. The van der Waals surface area contributed by atoms with Crippen molar-refractivity contribution in [1.29, 1.82) is 0 Å². The Hall–Kier alpha value is -2.30. The van der Waals surface area contributed by atoms with Gasteiger partial charge in [0.05, 0.1) is 5.56 Å². The zero-order valence-corrected chi connectivity index (χ0v) is 11.3. The van der Waals surface area contributed by atoms with Crippen molar-refractivity contribution < 1.29 is 14.3 Å². The van der Waals surface area contributed by atoms with E-state index in [-0.39, 0.29) is 17.7 Å². The van der Waals surface area contributed by atoms with Crippen LogP contribution in [0.25, 0.3) is 0 Å². The Labute approximate surface area is 118 Å². The average Bonchev–Trinajstić information content (AvgIpc) is 2.82. The average molecular weight is 291 g/mol. The maximum absolute atomic E-state index is 13.7. The number of aliphatic hydroxyl groups is 1. The molecule has 2 N–H and O–H groups in total. The van der Waals surface area contributed by atoms with Crippen LogP contribution in [0.3, 0.4) is 0 Å². The van der Waals surface area contributed by atoms with Crippen LogP contribution in [0.4, 0.5) is 9.52 Å². The minimum Gasteiger partial charge on any atom is -0.384 e. The van der Waals surface area contributed by atoms with Crippen LogP contribution in [-0.4, -0.2) is 27.0 Å². The number of hydrogen-bond acceptors (Lipinski definition) is 5. The highest BCUT2D eigenvalue weighted by Gasteiger charge is 2.11. The minimum atomic E-state index is -0.618. The number of aromatic nitrogens is 2. The fourth-order valence-corrected chi connectivity index (χ4v) is 1.98. The summed E-state index contributed by atoms with van der Waals surface area (Å²) in [6.45, 7) is 1.36. The molecule has 0 saturated carbocycles. The van der Waals surface area contributed by atoms with Gasteiger partial charge in [-0.3, -0.25) is 10.1 Å². The van der Waals surface area contributed by atoms with Gasteiger partial charge >= 0.3 is 0 Å². The van der Waals surface area contributed by atoms with Crippen molar-refractivity contribution in [3.8, 4) is 11.8 Å². The Morgan fingerprint density at radius 1 is 1.55 bits per heavy atom. The number of nitrogens with zero attached hydrogens (tertiary/aromatic N) is 2. The second-order valence-electron chi connectivity index (χ2n) is 3.76. The first-order valence-corrected chi connectivity index (χ1v) is 6.38. The van der Waals surface area contributed by atoms with Gasteiger partial charge in [-0.15, -0.1) is 0 Å². The van der Waals surface area contributed by atoms with E-state index in [2.05, 4.69) is 26.5 Å². The van der Waals surface area contributed by atoms with Crippen LogP contribution in [0.2, 0.25) is 0 Å². The largest absolute Gasteiger partial charge is 0.384 e. The normalized spacial score (nSPS) is 9.75. The standard InChI is InChI=1S/C13H10FN3O2S/c1-8-15-13(20-17-8)16-12(19)10-5-4-9(3-2-6-18)11(14)7-10/h4-5,7,18H,6H2,1H3,(H,15,16,17,19). The summed E-state index contributed by atoms with van der Waals surface area (Å²) in [6.07, 6.45) is 0. The molecule has 102 valence electrons. The van der Waals surface area contributed by atoms with Gasteiger partial charge in [0.1, 0.15) is 18.2 Å². The molecule has 0 fully saturated rings. The number of aliphatic hydroxyl groups excluding tert-OH is 1. The van der Waals surface area contributed by atoms with E-state index >= 15 is 0 Å². The van der Waals surface area contributed by atoms with E-state index in [9.17, 15) is 9.18 Å². The summed E-state index contributed by atoms with van der Waals surface area (Å²) in [5.74, 6) is 4.27. The summed E-state index contributed by atoms with van der Waals surface area (Å²) < 4.78 is 17.6. The molecule has 2 rings (SSSR count). The van der Waals surface area contributed by atoms with Gasteiger partial charge in [-0.1, -0.05) is 11.8 Å². The summed E-state index contributed by atoms with van der Waals surface area (Å²) >= 11 is 1.05. The fourth-order valence-electron chi connectivity index (χ4n) is 1.41. The predicted molar refractivity (Wildman–Crippen MR) is 73.0 cm³/mol. The SMILES string of the molecule is Cc1nsc(NC(=O)c2ccc(C#CCO)c(F)c2)n1. The first-order chi connectivity index (χ1) is 9.60. The van der Waals surface area contributed by atoms with Crippen molar-refractivity contribution in [2.24, 2.45) is 0 Å². The number of rotatable bonds is 2. The van der Waals surface area contributed by atoms with Crippen molar-refractivity contribution in [1.82, 2.24) is 9.36 Å². The molecule has 0 aliphatic heterocycles. The third kappa shape index (κ3) is 3.38. The molecule has 1 amide bonds. The Kier molecular flexibility index (Phi) is 4.40. The second-order valence-corrected chi connectivity index (χ2v) is 4.51. The Balaban J connectivity index is 2.16. The molecule has 0 aliphatic carbocycles. The topological polar surface area (TPSA) is 75.1 Å². The molecule has 0 unspecified atom stereocenters. The Bertz CT molecular complexity index is 703. The van der Waals surface area contributed by atoms with E-state index in [1.165, 1.54) is 12.1 Å². The number of aryl methyl sites for hydroxylation is 1. The van der Waals surface area contributed by atoms with Crippen molar-refractivity contribution in [3.63, 3.8) is 0 Å². The molecule has 7 heteroatoms. The second kappa shape index (κ2) is 6.23. The number of nitrogens with one attached hydrogen (secondary N) is 1. The van der Waals surface area contributed by atoms with Gasteiger partial charge in [0.2, 0.25) is 5.13 Å². The highest BCUT2D eigenvalue weighted by molar-refractivity contribution is 7.09. The number of halogens is 1. The van der Waals surface area contributed by atoms with Gasteiger partial charge < -0.3 is 5.11 Å². The maximum Gasteiger partial charge on any atom is 0.257 e. The van der Waals surface area contributed by atoms with Gasteiger partial charge in [0, 0.05) is 17.1 Å². The molecule has 5 nitrogen and oxygen atoms in total. The molecule has 1 heterocycles. The summed E-state index contributed by atoms with van der Waals surface area (Å²) in [4.78, 5) is 15.9. The van der Waals surface area contributed by atoms with Crippen LogP contribution in [0, 0.1) is 24.6 Å². The van der Waals surface area contributed by atoms with Gasteiger partial charge in [0.15, 0.2) is 0 Å². The lowest BCUT2D eigenvalue weighted by Crippen LogP contribution is -2.12. The van der Waals surface area contributed by atoms with E-state index in [1.54, 1.807) is 6.92 Å². The maximum atomic E-state index is 13.7. The molecule has 1 aromatic carbocycles. The first kappa shape index (κ1) is 14.1. The number of hydrogen-bond donors (Lipinski definition) is 2. The molecule has 1 aromatic heterocycles. The van der Waals surface area contributed by atoms with Crippen LogP contribution in [0.5, 0.6) is 0 Å². The predicted octanol–water partition coefficient (Wildman–Crippen LogP) is 1.58. The third-order valence-corrected chi connectivity index (χ3v) is 3.00. The molecule has 0 saturated heterocycles. The van der Waals surface area contributed by atoms with E-state index in [0.717, 1.165) is 17.6 Å². The van der Waals surface area contributed by atoms with Crippen molar-refractivity contribution in [2.75, 3.05) is 11.9 Å². The van der Waals surface area contributed by atoms with Crippen LogP contribution < -0.4 is 5.32 Å². The number of carbonyl (C=O) groups is 1. The highest BCUT2D eigenvalue weighted by Crippen LogP contribution is 2.14. The summed E-state index contributed by atoms with van der Waals surface area (Å²) in [7, 11) is 0. The van der Waals surface area contributed by atoms with Crippen LogP contribution in [0.1, 0.15) is 21.7 Å². The van der Waals surface area contributed by atoms with Crippen molar-refractivity contribution in [3.05, 3.63) is 41.0 Å². The van der Waals surface area contributed by atoms with E-state index in [1.807, 2.05) is 0 Å². The zero-order chi connectivity index (χ0) is 14.5. The van der Waals surface area contributed by atoms with Crippen LogP contribution in [-0.2, 0) is 0 Å². The van der Waals surface area contributed by atoms with Crippen LogP contribution in [0.15, 0.2) is 18.2 Å². The molecule has 0 spiro atoms. The highest BCUT2D eigenvalue weighted by atomic mass is 32.1. The summed E-state index contributed by atoms with van der Waals surface area (Å²) in [5.41, 5.74) is 0.285. The molecule has 0 bridgehead atoms. The van der Waals surface area contributed by atoms with Gasteiger partial charge in [-0.25, -0.2) is 9.37 Å². The lowest BCUT2D eigenvalue weighted by Gasteiger charge is -2.02. The molecule has 0 radical (unpaired) electrons.